The number of aromatic nitrogens is 3. The molecule has 9 heteroatoms. The summed E-state index contributed by atoms with van der Waals surface area (Å²) in [6, 6.07) is 4.63. The van der Waals surface area contributed by atoms with E-state index in [9.17, 15) is 18.0 Å². The summed E-state index contributed by atoms with van der Waals surface area (Å²) in [6.07, 6.45) is -2.08. The van der Waals surface area contributed by atoms with Crippen LogP contribution < -0.4 is 5.32 Å². The molecular weight excluding hydrogens is 313 g/mol. The van der Waals surface area contributed by atoms with E-state index in [0.29, 0.717) is 5.39 Å². The van der Waals surface area contributed by atoms with E-state index in [-0.39, 0.29) is 23.5 Å². The van der Waals surface area contributed by atoms with E-state index in [1.165, 1.54) is 18.3 Å². The Kier molecular flexibility index (Phi) is 3.68. The molecule has 0 aliphatic carbocycles. The second kappa shape index (κ2) is 5.67. The maximum absolute atomic E-state index is 12.6. The average Bonchev–Trinajstić information content (AvgIpc) is 3.04. The van der Waals surface area contributed by atoms with Gasteiger partial charge in [-0.15, -0.1) is 10.2 Å². The van der Waals surface area contributed by atoms with Gasteiger partial charge in [0.05, 0.1) is 23.2 Å². The maximum atomic E-state index is 12.6. The summed E-state index contributed by atoms with van der Waals surface area (Å²) in [7, 11) is 0. The van der Waals surface area contributed by atoms with Crippen LogP contribution in [0.5, 0.6) is 0 Å². The van der Waals surface area contributed by atoms with Gasteiger partial charge in [-0.05, 0) is 18.2 Å². The number of hydrogen-bond donors (Lipinski definition) is 1. The molecule has 0 saturated heterocycles. The van der Waals surface area contributed by atoms with Gasteiger partial charge in [-0.25, -0.2) is 0 Å². The van der Waals surface area contributed by atoms with Crippen molar-refractivity contribution in [3.05, 3.63) is 53.9 Å². The van der Waals surface area contributed by atoms with Crippen molar-refractivity contribution in [2.45, 2.75) is 12.7 Å². The third kappa shape index (κ3) is 3.28. The lowest BCUT2D eigenvalue weighted by Crippen LogP contribution is -2.23. The third-order valence-corrected chi connectivity index (χ3v) is 3.08. The van der Waals surface area contributed by atoms with Crippen molar-refractivity contribution in [2.24, 2.45) is 0 Å². The first kappa shape index (κ1) is 14.9. The normalized spacial score (nSPS) is 11.6. The monoisotopic (exact) mass is 322 g/mol. The van der Waals surface area contributed by atoms with Crippen molar-refractivity contribution in [1.29, 1.82) is 0 Å². The molecular formula is C14H9F3N4O2. The summed E-state index contributed by atoms with van der Waals surface area (Å²) in [4.78, 5) is 15.9. The molecule has 0 radical (unpaired) electrons. The highest BCUT2D eigenvalue weighted by Gasteiger charge is 2.30. The number of nitrogens with one attached hydrogen (secondary N) is 1. The highest BCUT2D eigenvalue weighted by Crippen LogP contribution is 2.31. The lowest BCUT2D eigenvalue weighted by molar-refractivity contribution is -0.137. The quantitative estimate of drug-likeness (QED) is 0.801. The van der Waals surface area contributed by atoms with Crippen molar-refractivity contribution < 1.29 is 22.4 Å². The zero-order chi connectivity index (χ0) is 16.4. The van der Waals surface area contributed by atoms with Gasteiger partial charge in [0, 0.05) is 11.6 Å². The lowest BCUT2D eigenvalue weighted by atomic mass is 10.1. The molecule has 0 fully saturated rings. The van der Waals surface area contributed by atoms with Crippen LogP contribution in [0, 0.1) is 0 Å². The largest absolute Gasteiger partial charge is 0.426 e. The van der Waals surface area contributed by atoms with Crippen LogP contribution >= 0.6 is 0 Å². The Hall–Kier alpha value is -2.97. The zero-order valence-corrected chi connectivity index (χ0v) is 11.5. The minimum Gasteiger partial charge on any atom is -0.426 e. The number of carbonyl (C=O) groups is 1. The molecule has 6 nitrogen and oxygen atoms in total. The molecule has 2 aromatic heterocycles. The number of alkyl halides is 3. The minimum absolute atomic E-state index is 0.0455. The van der Waals surface area contributed by atoms with Crippen LogP contribution in [0.1, 0.15) is 21.8 Å². The van der Waals surface area contributed by atoms with Gasteiger partial charge in [-0.1, -0.05) is 6.07 Å². The maximum Gasteiger partial charge on any atom is 0.416 e. The number of carbonyl (C=O) groups excluding carboxylic acids is 1. The summed E-state index contributed by atoms with van der Waals surface area (Å²) < 4.78 is 42.8. The molecule has 0 spiro atoms. The molecule has 3 rings (SSSR count). The Balaban J connectivity index is 1.81. The second-order valence-corrected chi connectivity index (χ2v) is 4.64. The molecule has 118 valence electrons. The zero-order valence-electron chi connectivity index (χ0n) is 11.5. The van der Waals surface area contributed by atoms with Crippen LogP contribution in [0.25, 0.3) is 10.9 Å². The first-order valence-electron chi connectivity index (χ1n) is 6.44. The van der Waals surface area contributed by atoms with Gasteiger partial charge in [-0.2, -0.15) is 13.2 Å². The first-order valence-corrected chi connectivity index (χ1v) is 6.44. The number of fused-ring (bicyclic) bond motifs is 1. The van der Waals surface area contributed by atoms with Crippen LogP contribution in [-0.2, 0) is 12.7 Å². The van der Waals surface area contributed by atoms with Gasteiger partial charge in [0.1, 0.15) is 0 Å². The third-order valence-electron chi connectivity index (χ3n) is 3.08. The number of nitrogens with zero attached hydrogens (tertiary/aromatic N) is 3. The number of pyridine rings is 1. The highest BCUT2D eigenvalue weighted by molar-refractivity contribution is 5.97. The standard InChI is InChI=1S/C14H9F3N4O2/c15-14(16,17)10-2-1-8-3-9(5-18-11(8)4-10)13(22)19-6-12-21-20-7-23-12/h1-5,7H,6H2,(H,19,22). The first-order chi connectivity index (χ1) is 10.9. The number of hydrogen-bond acceptors (Lipinski definition) is 5. The van der Waals surface area contributed by atoms with E-state index in [0.717, 1.165) is 18.5 Å². The van der Waals surface area contributed by atoms with E-state index in [1.807, 2.05) is 0 Å². The molecule has 0 bridgehead atoms. The molecule has 23 heavy (non-hydrogen) atoms. The summed E-state index contributed by atoms with van der Waals surface area (Å²) >= 11 is 0. The molecule has 1 aromatic carbocycles. The van der Waals surface area contributed by atoms with E-state index in [4.69, 9.17) is 4.42 Å². The molecule has 3 aromatic rings. The Morgan fingerprint density at radius 2 is 2.09 bits per heavy atom. The number of rotatable bonds is 3. The van der Waals surface area contributed by atoms with Crippen molar-refractivity contribution >= 4 is 16.8 Å². The van der Waals surface area contributed by atoms with E-state index < -0.39 is 17.6 Å². The van der Waals surface area contributed by atoms with Crippen molar-refractivity contribution in [1.82, 2.24) is 20.5 Å². The molecule has 0 aliphatic rings. The Morgan fingerprint density at radius 1 is 1.26 bits per heavy atom. The van der Waals surface area contributed by atoms with E-state index >= 15 is 0 Å². The molecule has 0 aliphatic heterocycles. The van der Waals surface area contributed by atoms with Gasteiger partial charge in [-0.3, -0.25) is 9.78 Å². The van der Waals surface area contributed by atoms with Crippen LogP contribution in [0.3, 0.4) is 0 Å². The van der Waals surface area contributed by atoms with Gasteiger partial charge in [0.2, 0.25) is 12.3 Å². The average molecular weight is 322 g/mol. The summed E-state index contributed by atoms with van der Waals surface area (Å²) in [5.74, 6) is -0.209. The fraction of sp³-hybridized carbons (Fsp3) is 0.143. The number of halogens is 3. The SMILES string of the molecule is O=C(NCc1nnco1)c1cnc2cc(C(F)(F)F)ccc2c1. The summed E-state index contributed by atoms with van der Waals surface area (Å²) in [5, 5.41) is 10.1. The number of amides is 1. The highest BCUT2D eigenvalue weighted by atomic mass is 19.4. The van der Waals surface area contributed by atoms with Crippen LogP contribution in [0.15, 0.2) is 41.3 Å². The van der Waals surface area contributed by atoms with Gasteiger partial charge in [0.25, 0.3) is 5.91 Å². The van der Waals surface area contributed by atoms with Gasteiger partial charge >= 0.3 is 6.18 Å². The molecule has 1 amide bonds. The second-order valence-electron chi connectivity index (χ2n) is 4.64. The van der Waals surface area contributed by atoms with E-state index in [1.54, 1.807) is 0 Å². The van der Waals surface area contributed by atoms with E-state index in [2.05, 4.69) is 20.5 Å². The van der Waals surface area contributed by atoms with Crippen LogP contribution in [0.2, 0.25) is 0 Å². The predicted octanol–water partition coefficient (Wildman–Crippen LogP) is 2.57. The molecule has 0 saturated carbocycles. The molecule has 2 heterocycles. The fourth-order valence-corrected chi connectivity index (χ4v) is 1.95. The van der Waals surface area contributed by atoms with Gasteiger partial charge < -0.3 is 9.73 Å². The molecule has 0 unspecified atom stereocenters. The van der Waals surface area contributed by atoms with Crippen LogP contribution in [-0.4, -0.2) is 21.1 Å². The van der Waals surface area contributed by atoms with Crippen molar-refractivity contribution in [3.63, 3.8) is 0 Å². The number of benzene rings is 1. The van der Waals surface area contributed by atoms with Crippen molar-refractivity contribution in [2.75, 3.05) is 0 Å². The van der Waals surface area contributed by atoms with Crippen LogP contribution in [0.4, 0.5) is 13.2 Å². The Morgan fingerprint density at radius 3 is 2.78 bits per heavy atom. The smallest absolute Gasteiger partial charge is 0.416 e. The minimum atomic E-state index is -4.43. The lowest BCUT2D eigenvalue weighted by Gasteiger charge is -2.08. The topological polar surface area (TPSA) is 80.9 Å². The fourth-order valence-electron chi connectivity index (χ4n) is 1.95. The summed E-state index contributed by atoms with van der Waals surface area (Å²) in [5.41, 5.74) is -0.406. The predicted molar refractivity (Wildman–Crippen MR) is 72.2 cm³/mol. The van der Waals surface area contributed by atoms with Crippen molar-refractivity contribution in [3.8, 4) is 0 Å². The van der Waals surface area contributed by atoms with Gasteiger partial charge in [0.15, 0.2) is 0 Å². The summed E-state index contributed by atoms with van der Waals surface area (Å²) in [6.45, 7) is 0.0455. The molecule has 1 N–H and O–H groups in total. The molecule has 0 atom stereocenters. The Bertz CT molecular complexity index is 847. The Labute approximate surface area is 127 Å².